The second-order valence-corrected chi connectivity index (χ2v) is 8.88. The summed E-state index contributed by atoms with van der Waals surface area (Å²) in [6.45, 7) is 0. The van der Waals surface area contributed by atoms with Crippen molar-refractivity contribution in [3.63, 3.8) is 0 Å². The van der Waals surface area contributed by atoms with Crippen LogP contribution in [0.15, 0.2) is 75.3 Å². The standard InChI is InChI=1S/C22H14ClN5OS2/c23-14-7-5-13(6-8-14)12-24-28-22-26-20-19(21(29)27-22)15(17-3-1-9-30-17)11-16(25-20)18-4-2-10-31-18/h1-12H,(H2,25,26,27,28,29). The van der Waals surface area contributed by atoms with Crippen LogP contribution in [0.3, 0.4) is 0 Å². The number of hydrogen-bond acceptors (Lipinski definition) is 7. The van der Waals surface area contributed by atoms with Gasteiger partial charge in [-0.05, 0) is 46.7 Å². The van der Waals surface area contributed by atoms with E-state index in [1.165, 1.54) is 0 Å². The number of nitrogens with zero attached hydrogens (tertiary/aromatic N) is 3. The van der Waals surface area contributed by atoms with Crippen molar-refractivity contribution in [1.29, 1.82) is 0 Å². The first-order valence-corrected chi connectivity index (χ1v) is 11.4. The summed E-state index contributed by atoms with van der Waals surface area (Å²) in [6.07, 6.45) is 1.62. The zero-order chi connectivity index (χ0) is 21.2. The second kappa shape index (κ2) is 8.43. The Kier molecular flexibility index (Phi) is 5.33. The van der Waals surface area contributed by atoms with Crippen LogP contribution in [0.25, 0.3) is 32.0 Å². The van der Waals surface area contributed by atoms with E-state index in [0.717, 1.165) is 26.6 Å². The lowest BCUT2D eigenvalue weighted by Gasteiger charge is -2.08. The molecule has 1 aromatic carbocycles. The molecule has 0 aliphatic heterocycles. The van der Waals surface area contributed by atoms with E-state index in [0.29, 0.717) is 16.1 Å². The summed E-state index contributed by atoms with van der Waals surface area (Å²) in [5.74, 6) is 0.218. The number of rotatable bonds is 5. The van der Waals surface area contributed by atoms with Crippen molar-refractivity contribution >= 4 is 57.5 Å². The van der Waals surface area contributed by atoms with Gasteiger partial charge in [0, 0.05) is 15.5 Å². The number of thiophene rings is 2. The molecule has 0 amide bonds. The summed E-state index contributed by atoms with van der Waals surface area (Å²) in [7, 11) is 0. The molecule has 0 saturated heterocycles. The van der Waals surface area contributed by atoms with Gasteiger partial charge >= 0.3 is 0 Å². The van der Waals surface area contributed by atoms with Crippen LogP contribution < -0.4 is 11.0 Å². The SMILES string of the molecule is O=c1[nH]c(NN=Cc2ccc(Cl)cc2)nc2nc(-c3cccs3)cc(-c3cccs3)c12. The van der Waals surface area contributed by atoms with Crippen LogP contribution in [0.4, 0.5) is 5.95 Å². The number of pyridine rings is 1. The normalized spacial score (nSPS) is 11.4. The predicted molar refractivity (Wildman–Crippen MR) is 129 cm³/mol. The van der Waals surface area contributed by atoms with Gasteiger partial charge in [0.05, 0.1) is 22.2 Å². The number of halogens is 1. The van der Waals surface area contributed by atoms with Crippen molar-refractivity contribution < 1.29 is 0 Å². The monoisotopic (exact) mass is 463 g/mol. The van der Waals surface area contributed by atoms with Gasteiger partial charge in [0.25, 0.3) is 5.56 Å². The van der Waals surface area contributed by atoms with Crippen LogP contribution in [0.2, 0.25) is 5.02 Å². The first-order chi connectivity index (χ1) is 15.2. The van der Waals surface area contributed by atoms with Gasteiger partial charge in [-0.2, -0.15) is 10.1 Å². The molecule has 0 radical (unpaired) electrons. The first kappa shape index (κ1) is 19.6. The minimum Gasteiger partial charge on any atom is -0.291 e. The van der Waals surface area contributed by atoms with Crippen molar-refractivity contribution in [1.82, 2.24) is 15.0 Å². The molecular formula is C22H14ClN5OS2. The maximum absolute atomic E-state index is 12.9. The molecular weight excluding hydrogens is 450 g/mol. The molecule has 6 nitrogen and oxygen atoms in total. The summed E-state index contributed by atoms with van der Waals surface area (Å²) in [5.41, 5.74) is 5.32. The molecule has 5 aromatic rings. The lowest BCUT2D eigenvalue weighted by molar-refractivity contribution is 1.11. The van der Waals surface area contributed by atoms with Crippen molar-refractivity contribution in [2.45, 2.75) is 0 Å². The highest BCUT2D eigenvalue weighted by atomic mass is 35.5. The average molecular weight is 464 g/mol. The van der Waals surface area contributed by atoms with Crippen LogP contribution in [-0.2, 0) is 0 Å². The number of H-pyrrole nitrogens is 1. The molecule has 5 rings (SSSR count). The van der Waals surface area contributed by atoms with Gasteiger partial charge in [-0.3, -0.25) is 9.78 Å². The minimum atomic E-state index is -0.275. The summed E-state index contributed by atoms with van der Waals surface area (Å²) in [5, 5.41) is 9.24. The Morgan fingerprint density at radius 2 is 1.74 bits per heavy atom. The van der Waals surface area contributed by atoms with Crippen molar-refractivity contribution in [3.05, 3.63) is 86.3 Å². The van der Waals surface area contributed by atoms with Gasteiger partial charge in [0.15, 0.2) is 5.65 Å². The lowest BCUT2D eigenvalue weighted by Crippen LogP contribution is -2.13. The lowest BCUT2D eigenvalue weighted by atomic mass is 10.1. The number of hydrazone groups is 1. The predicted octanol–water partition coefficient (Wildman–Crippen LogP) is 5.87. The summed E-state index contributed by atoms with van der Waals surface area (Å²) >= 11 is 9.06. The van der Waals surface area contributed by atoms with E-state index in [9.17, 15) is 4.79 Å². The Labute approximate surface area is 189 Å². The summed E-state index contributed by atoms with van der Waals surface area (Å²) in [4.78, 5) is 26.9. The highest BCUT2D eigenvalue weighted by Crippen LogP contribution is 2.33. The van der Waals surface area contributed by atoms with E-state index >= 15 is 0 Å². The zero-order valence-corrected chi connectivity index (χ0v) is 18.3. The first-order valence-electron chi connectivity index (χ1n) is 9.25. The van der Waals surface area contributed by atoms with Gasteiger partial charge in [0.2, 0.25) is 5.95 Å². The molecule has 9 heteroatoms. The Balaban J connectivity index is 1.57. The van der Waals surface area contributed by atoms with Crippen molar-refractivity contribution in [2.24, 2.45) is 5.10 Å². The van der Waals surface area contributed by atoms with Crippen LogP contribution >= 0.6 is 34.3 Å². The number of hydrogen-bond donors (Lipinski definition) is 2. The van der Waals surface area contributed by atoms with Gasteiger partial charge in [0.1, 0.15) is 0 Å². The summed E-state index contributed by atoms with van der Waals surface area (Å²) in [6, 6.07) is 17.1. The third kappa shape index (κ3) is 4.13. The van der Waals surface area contributed by atoms with E-state index in [1.807, 2.05) is 53.2 Å². The molecule has 31 heavy (non-hydrogen) atoms. The van der Waals surface area contributed by atoms with E-state index in [1.54, 1.807) is 41.0 Å². The zero-order valence-electron chi connectivity index (χ0n) is 15.9. The van der Waals surface area contributed by atoms with E-state index in [4.69, 9.17) is 11.6 Å². The molecule has 0 atom stereocenters. The van der Waals surface area contributed by atoms with Crippen LogP contribution in [0, 0.1) is 0 Å². The van der Waals surface area contributed by atoms with Crippen LogP contribution in [0.1, 0.15) is 5.56 Å². The largest absolute Gasteiger partial charge is 0.291 e. The van der Waals surface area contributed by atoms with Crippen molar-refractivity contribution in [2.75, 3.05) is 5.43 Å². The number of aromatic amines is 1. The fraction of sp³-hybridized carbons (Fsp3) is 0. The Morgan fingerprint density at radius 3 is 2.45 bits per heavy atom. The third-order valence-electron chi connectivity index (χ3n) is 4.49. The number of aromatic nitrogens is 3. The van der Waals surface area contributed by atoms with Gasteiger partial charge < -0.3 is 0 Å². The van der Waals surface area contributed by atoms with Gasteiger partial charge in [-0.25, -0.2) is 10.4 Å². The number of nitrogens with one attached hydrogen (secondary N) is 2. The minimum absolute atomic E-state index is 0.218. The van der Waals surface area contributed by atoms with Crippen molar-refractivity contribution in [3.8, 4) is 21.0 Å². The smallest absolute Gasteiger partial charge is 0.262 e. The molecule has 0 fully saturated rings. The molecule has 0 saturated carbocycles. The maximum atomic E-state index is 12.9. The molecule has 0 aliphatic rings. The molecule has 0 bridgehead atoms. The van der Waals surface area contributed by atoms with Gasteiger partial charge in [-0.15, -0.1) is 22.7 Å². The molecule has 0 unspecified atom stereocenters. The van der Waals surface area contributed by atoms with E-state index in [-0.39, 0.29) is 11.5 Å². The fourth-order valence-electron chi connectivity index (χ4n) is 3.09. The quantitative estimate of drug-likeness (QED) is 0.252. The fourth-order valence-corrected chi connectivity index (χ4v) is 4.65. The third-order valence-corrected chi connectivity index (χ3v) is 6.54. The molecule has 4 heterocycles. The average Bonchev–Trinajstić information content (AvgIpc) is 3.49. The highest BCUT2D eigenvalue weighted by molar-refractivity contribution is 7.14. The van der Waals surface area contributed by atoms with E-state index in [2.05, 4.69) is 25.5 Å². The van der Waals surface area contributed by atoms with Crippen LogP contribution in [-0.4, -0.2) is 21.2 Å². The van der Waals surface area contributed by atoms with Gasteiger partial charge in [-0.1, -0.05) is 35.9 Å². The molecule has 0 spiro atoms. The second-order valence-electron chi connectivity index (χ2n) is 6.54. The number of benzene rings is 1. The Hall–Kier alpha value is -3.33. The Morgan fingerprint density at radius 1 is 1.00 bits per heavy atom. The summed E-state index contributed by atoms with van der Waals surface area (Å²) < 4.78 is 0. The van der Waals surface area contributed by atoms with E-state index < -0.39 is 0 Å². The molecule has 152 valence electrons. The highest BCUT2D eigenvalue weighted by Gasteiger charge is 2.16. The number of fused-ring (bicyclic) bond motifs is 1. The molecule has 2 N–H and O–H groups in total. The van der Waals surface area contributed by atoms with Crippen LogP contribution in [0.5, 0.6) is 0 Å². The number of anilines is 1. The molecule has 0 aliphatic carbocycles. The topological polar surface area (TPSA) is 83.0 Å². The maximum Gasteiger partial charge on any atom is 0.262 e. The molecule has 4 aromatic heterocycles. The Bertz CT molecular complexity index is 1430.